The summed E-state index contributed by atoms with van der Waals surface area (Å²) in [4.78, 5) is 27.9. The first-order valence-corrected chi connectivity index (χ1v) is 8.38. The minimum absolute atomic E-state index is 0.0243. The summed E-state index contributed by atoms with van der Waals surface area (Å²) in [5.41, 5.74) is 0.367. The highest BCUT2D eigenvalue weighted by Crippen LogP contribution is 2.23. The number of esters is 1. The number of phenols is 1. The van der Waals surface area contributed by atoms with E-state index in [1.807, 2.05) is 0 Å². The van der Waals surface area contributed by atoms with Gasteiger partial charge in [0.25, 0.3) is 0 Å². The zero-order chi connectivity index (χ0) is 20.0. The minimum Gasteiger partial charge on any atom is -0.507 e. The van der Waals surface area contributed by atoms with Crippen LogP contribution in [0.25, 0.3) is 0 Å². The average molecular weight is 373 g/mol. The van der Waals surface area contributed by atoms with Crippen LogP contribution in [0.5, 0.6) is 5.75 Å². The largest absolute Gasteiger partial charge is 0.507 e. The molecule has 142 valence electrons. The van der Waals surface area contributed by atoms with Crippen LogP contribution in [0.4, 0.5) is 4.39 Å². The third-order valence-electron chi connectivity index (χ3n) is 3.87. The Morgan fingerprint density at radius 2 is 1.85 bits per heavy atom. The molecule has 2 aromatic rings. The fourth-order valence-electron chi connectivity index (χ4n) is 2.28. The number of phenolic OH excluding ortho intramolecular Hbond substituents is 1. The number of carboxylic acid groups (broad SMARTS) is 1. The van der Waals surface area contributed by atoms with Crippen LogP contribution < -0.4 is 0 Å². The summed E-state index contributed by atoms with van der Waals surface area (Å²) in [7, 11) is 0. The second-order valence-corrected chi connectivity index (χ2v) is 5.90. The Balaban J connectivity index is 2.58. The highest BCUT2D eigenvalue weighted by atomic mass is 19.1. The van der Waals surface area contributed by atoms with Gasteiger partial charge in [0.15, 0.2) is 0 Å². The summed E-state index contributed by atoms with van der Waals surface area (Å²) in [5, 5.41) is 19.6. The normalized spacial score (nSPS) is 13.7. The maximum atomic E-state index is 13.7. The molecule has 0 heterocycles. The van der Waals surface area contributed by atoms with E-state index in [-0.39, 0.29) is 17.0 Å². The number of carbonyl (C=O) groups is 2. The number of benzene rings is 2. The molecule has 0 bridgehead atoms. The zero-order valence-corrected chi connectivity index (χ0v) is 14.9. The highest BCUT2D eigenvalue weighted by Gasteiger charge is 2.30. The lowest BCUT2D eigenvalue weighted by Crippen LogP contribution is -2.33. The molecule has 2 rings (SSSR count). The van der Waals surface area contributed by atoms with Gasteiger partial charge in [-0.2, -0.15) is 0 Å². The molecule has 2 N–H and O–H groups in total. The van der Waals surface area contributed by atoms with E-state index < -0.39 is 29.9 Å². The molecule has 0 aromatic heterocycles. The van der Waals surface area contributed by atoms with Crippen molar-refractivity contribution in [3.63, 3.8) is 0 Å². The second-order valence-electron chi connectivity index (χ2n) is 5.90. The Kier molecular flexibility index (Phi) is 6.65. The average Bonchev–Trinajstić information content (AvgIpc) is 2.65. The molecule has 0 fully saturated rings. The van der Waals surface area contributed by atoms with E-state index in [0.717, 1.165) is 18.2 Å². The Morgan fingerprint density at radius 3 is 2.44 bits per heavy atom. The first kappa shape index (κ1) is 20.1. The first-order valence-electron chi connectivity index (χ1n) is 8.38. The van der Waals surface area contributed by atoms with Crippen LogP contribution in [0.3, 0.4) is 0 Å². The summed E-state index contributed by atoms with van der Waals surface area (Å²) in [6.45, 7) is 3.42. The lowest BCUT2D eigenvalue weighted by molar-refractivity contribution is -0.156. The molecule has 0 amide bonds. The van der Waals surface area contributed by atoms with Gasteiger partial charge in [-0.3, -0.25) is 4.99 Å². The molecule has 0 aliphatic rings. The standard InChI is InChI=1S/C20H20FNO5/c1-3-12(2)27-20(26)18(19(24)25)22-17(13-7-5-4-6-8-13)15-11-14(21)9-10-16(15)23/h4-12,18,23H,3H2,1-2H3,(H,24,25). The molecular weight excluding hydrogens is 353 g/mol. The second kappa shape index (κ2) is 8.93. The summed E-state index contributed by atoms with van der Waals surface area (Å²) in [6.07, 6.45) is 0.0372. The number of rotatable bonds is 7. The van der Waals surface area contributed by atoms with Crippen LogP contribution in [0, 0.1) is 5.82 Å². The topological polar surface area (TPSA) is 96.2 Å². The van der Waals surface area contributed by atoms with Crippen molar-refractivity contribution >= 4 is 17.7 Å². The van der Waals surface area contributed by atoms with Gasteiger partial charge >= 0.3 is 11.9 Å². The van der Waals surface area contributed by atoms with Crippen LogP contribution in [-0.2, 0) is 14.3 Å². The number of aliphatic carboxylic acids is 1. The number of aromatic hydroxyl groups is 1. The SMILES string of the molecule is CCC(C)OC(=O)C(N=C(c1ccccc1)c1cc(F)ccc1O)C(=O)O. The minimum atomic E-state index is -1.85. The van der Waals surface area contributed by atoms with E-state index in [1.54, 1.807) is 44.2 Å². The van der Waals surface area contributed by atoms with Crippen LogP contribution in [0.15, 0.2) is 53.5 Å². The van der Waals surface area contributed by atoms with Gasteiger partial charge < -0.3 is 14.9 Å². The summed E-state index contributed by atoms with van der Waals surface area (Å²) in [5.74, 6) is -3.47. The van der Waals surface area contributed by atoms with Gasteiger partial charge in [0, 0.05) is 11.1 Å². The number of nitrogens with zero attached hydrogens (tertiary/aromatic N) is 1. The Bertz CT molecular complexity index is 851. The van der Waals surface area contributed by atoms with Gasteiger partial charge in [0.2, 0.25) is 6.04 Å². The quantitative estimate of drug-likeness (QED) is 0.441. The lowest BCUT2D eigenvalue weighted by atomic mass is 10.0. The van der Waals surface area contributed by atoms with Crippen molar-refractivity contribution in [1.82, 2.24) is 0 Å². The molecule has 6 nitrogen and oxygen atoms in total. The summed E-state index contributed by atoms with van der Waals surface area (Å²) < 4.78 is 18.8. The van der Waals surface area contributed by atoms with Crippen LogP contribution in [0.1, 0.15) is 31.4 Å². The van der Waals surface area contributed by atoms with Crippen LogP contribution >= 0.6 is 0 Å². The molecule has 7 heteroatoms. The lowest BCUT2D eigenvalue weighted by Gasteiger charge is -2.16. The fourth-order valence-corrected chi connectivity index (χ4v) is 2.28. The van der Waals surface area contributed by atoms with Gasteiger partial charge in [-0.1, -0.05) is 37.3 Å². The number of carbonyl (C=O) groups excluding carboxylic acids is 1. The molecule has 0 spiro atoms. The number of ether oxygens (including phenoxy) is 1. The highest BCUT2D eigenvalue weighted by molar-refractivity contribution is 6.16. The van der Waals surface area contributed by atoms with Crippen molar-refractivity contribution in [2.75, 3.05) is 0 Å². The predicted molar refractivity (Wildman–Crippen MR) is 97.4 cm³/mol. The first-order chi connectivity index (χ1) is 12.8. The number of hydrogen-bond acceptors (Lipinski definition) is 5. The van der Waals surface area contributed by atoms with Gasteiger partial charge in [-0.25, -0.2) is 14.0 Å². The van der Waals surface area contributed by atoms with Crippen molar-refractivity contribution in [3.05, 3.63) is 65.5 Å². The Labute approximate surface area is 155 Å². The van der Waals surface area contributed by atoms with E-state index in [2.05, 4.69) is 4.99 Å². The third kappa shape index (κ3) is 5.13. The molecule has 2 aromatic carbocycles. The van der Waals surface area contributed by atoms with Gasteiger partial charge in [0.1, 0.15) is 11.6 Å². The Morgan fingerprint density at radius 1 is 1.19 bits per heavy atom. The van der Waals surface area contributed by atoms with E-state index in [4.69, 9.17) is 4.74 Å². The van der Waals surface area contributed by atoms with Crippen LogP contribution in [0.2, 0.25) is 0 Å². The van der Waals surface area contributed by atoms with E-state index in [0.29, 0.717) is 12.0 Å². The third-order valence-corrected chi connectivity index (χ3v) is 3.87. The van der Waals surface area contributed by atoms with Crippen molar-refractivity contribution in [2.24, 2.45) is 4.99 Å². The molecule has 0 saturated carbocycles. The molecule has 0 saturated heterocycles. The van der Waals surface area contributed by atoms with Crippen molar-refractivity contribution in [3.8, 4) is 5.75 Å². The fraction of sp³-hybridized carbons (Fsp3) is 0.250. The smallest absolute Gasteiger partial charge is 0.342 e. The van der Waals surface area contributed by atoms with Gasteiger partial charge in [0.05, 0.1) is 11.8 Å². The maximum absolute atomic E-state index is 13.7. The summed E-state index contributed by atoms with van der Waals surface area (Å²) >= 11 is 0. The molecule has 0 aliphatic heterocycles. The molecule has 27 heavy (non-hydrogen) atoms. The monoisotopic (exact) mass is 373 g/mol. The van der Waals surface area contributed by atoms with Gasteiger partial charge in [-0.15, -0.1) is 0 Å². The van der Waals surface area contributed by atoms with E-state index in [1.165, 1.54) is 0 Å². The summed E-state index contributed by atoms with van der Waals surface area (Å²) in [6, 6.07) is 9.69. The Hall–Kier alpha value is -3.22. The van der Waals surface area contributed by atoms with Gasteiger partial charge in [-0.05, 0) is 31.5 Å². The number of aliphatic imine (C=N–C) groups is 1. The zero-order valence-electron chi connectivity index (χ0n) is 14.9. The molecule has 2 unspecified atom stereocenters. The van der Waals surface area contributed by atoms with Crippen molar-refractivity contribution < 1.29 is 28.9 Å². The molecule has 2 atom stereocenters. The maximum Gasteiger partial charge on any atom is 0.342 e. The van der Waals surface area contributed by atoms with Crippen LogP contribution in [-0.4, -0.2) is 40.0 Å². The number of halogens is 1. The van der Waals surface area contributed by atoms with E-state index >= 15 is 0 Å². The molecule has 0 aliphatic carbocycles. The van der Waals surface area contributed by atoms with Crippen molar-refractivity contribution in [1.29, 1.82) is 0 Å². The van der Waals surface area contributed by atoms with E-state index in [9.17, 15) is 24.2 Å². The number of carboxylic acids is 1. The predicted octanol–water partition coefficient (Wildman–Crippen LogP) is 3.16. The number of hydrogen-bond donors (Lipinski definition) is 2. The molecular formula is C20H20FNO5. The molecule has 0 radical (unpaired) electrons. The van der Waals surface area contributed by atoms with Crippen molar-refractivity contribution in [2.45, 2.75) is 32.4 Å².